The Hall–Kier alpha value is -0.0800. The monoisotopic (exact) mass is 432 g/mol. The van der Waals surface area contributed by atoms with Crippen LogP contribution in [0.15, 0.2) is 0 Å². The average molecular weight is 433 g/mol. The van der Waals surface area contributed by atoms with Crippen LogP contribution in [-0.2, 0) is 0 Å². The Bertz CT molecular complexity index is 630. The molecule has 2 N–H and O–H groups in total. The average Bonchev–Trinajstić information content (AvgIpc) is 3.07. The molecule has 2 heteroatoms. The molecule has 12 atom stereocenters. The van der Waals surface area contributed by atoms with E-state index in [1.54, 1.807) is 0 Å². The fourth-order valence-electron chi connectivity index (χ4n) is 9.67. The summed E-state index contributed by atoms with van der Waals surface area (Å²) in [6, 6.07) is 0. The van der Waals surface area contributed by atoms with Crippen molar-refractivity contribution < 1.29 is 10.2 Å². The van der Waals surface area contributed by atoms with Gasteiger partial charge in [-0.15, -0.1) is 0 Å². The van der Waals surface area contributed by atoms with Gasteiger partial charge in [0.1, 0.15) is 0 Å². The Morgan fingerprint density at radius 2 is 1.42 bits per heavy atom. The molecule has 0 amide bonds. The van der Waals surface area contributed by atoms with E-state index in [0.717, 1.165) is 42.9 Å². The minimum absolute atomic E-state index is 0.157. The third-order valence-corrected chi connectivity index (χ3v) is 12.2. The molecule has 0 spiro atoms. The zero-order valence-electron chi connectivity index (χ0n) is 21.6. The summed E-state index contributed by atoms with van der Waals surface area (Å²) in [5, 5.41) is 22.0. The van der Waals surface area contributed by atoms with Gasteiger partial charge in [0, 0.05) is 0 Å². The Balaban J connectivity index is 1.52. The molecule has 2 nitrogen and oxygen atoms in total. The van der Waals surface area contributed by atoms with Crippen LogP contribution in [0.4, 0.5) is 0 Å². The summed E-state index contributed by atoms with van der Waals surface area (Å²) in [4.78, 5) is 0. The van der Waals surface area contributed by atoms with Crippen molar-refractivity contribution in [3.05, 3.63) is 0 Å². The highest BCUT2D eigenvalue weighted by Crippen LogP contribution is 2.69. The van der Waals surface area contributed by atoms with Crippen molar-refractivity contribution >= 4 is 0 Å². The quantitative estimate of drug-likeness (QED) is 0.494. The van der Waals surface area contributed by atoms with Crippen LogP contribution >= 0.6 is 0 Å². The number of aliphatic hydroxyl groups excluding tert-OH is 2. The lowest BCUT2D eigenvalue weighted by molar-refractivity contribution is -0.189. The van der Waals surface area contributed by atoms with Crippen molar-refractivity contribution in [1.29, 1.82) is 0 Å². The van der Waals surface area contributed by atoms with Crippen molar-refractivity contribution in [3.63, 3.8) is 0 Å². The van der Waals surface area contributed by atoms with E-state index in [1.807, 2.05) is 0 Å². The smallest absolute Gasteiger partial charge is 0.0577 e. The first-order valence-corrected chi connectivity index (χ1v) is 13.9. The van der Waals surface area contributed by atoms with Crippen molar-refractivity contribution in [3.8, 4) is 0 Å². The van der Waals surface area contributed by atoms with Gasteiger partial charge in [-0.05, 0) is 109 Å². The molecular formula is C29H52O2. The van der Waals surface area contributed by atoms with Crippen LogP contribution in [0.3, 0.4) is 0 Å². The molecule has 0 aromatic heterocycles. The predicted octanol–water partition coefficient (Wildman–Crippen LogP) is 6.93. The van der Waals surface area contributed by atoms with Crippen LogP contribution in [0.1, 0.15) is 106 Å². The highest BCUT2D eigenvalue weighted by Gasteiger charge is 2.63. The lowest BCUT2D eigenvalue weighted by Gasteiger charge is -2.63. The number of aliphatic hydroxyl groups is 2. The maximum Gasteiger partial charge on any atom is 0.0577 e. The van der Waals surface area contributed by atoms with E-state index < -0.39 is 0 Å². The molecule has 4 aliphatic rings. The second-order valence-corrected chi connectivity index (χ2v) is 13.7. The van der Waals surface area contributed by atoms with E-state index in [2.05, 4.69) is 48.5 Å². The second-order valence-electron chi connectivity index (χ2n) is 13.7. The molecule has 180 valence electrons. The molecule has 12 unspecified atom stereocenters. The fourth-order valence-corrected chi connectivity index (χ4v) is 9.67. The van der Waals surface area contributed by atoms with Crippen LogP contribution in [0.5, 0.6) is 0 Å². The summed E-state index contributed by atoms with van der Waals surface area (Å²) in [5.41, 5.74) is 0.742. The molecule has 4 fully saturated rings. The zero-order valence-corrected chi connectivity index (χ0v) is 21.6. The van der Waals surface area contributed by atoms with Gasteiger partial charge in [-0.1, -0.05) is 61.3 Å². The van der Waals surface area contributed by atoms with Crippen molar-refractivity contribution in [2.45, 2.75) is 118 Å². The highest BCUT2D eigenvalue weighted by atomic mass is 16.3. The lowest BCUT2D eigenvalue weighted by Crippen LogP contribution is -2.60. The van der Waals surface area contributed by atoms with Gasteiger partial charge in [0.25, 0.3) is 0 Å². The maximum absolute atomic E-state index is 11.5. The zero-order chi connectivity index (χ0) is 22.7. The SMILES string of the molecule is CC(C)C(C)CCC(C)C1CCC2C3C(O)CC4C(C)C(O)CCC4(C)C3CCC12C. The van der Waals surface area contributed by atoms with E-state index >= 15 is 0 Å². The summed E-state index contributed by atoms with van der Waals surface area (Å²) in [6.07, 6.45) is 10.8. The molecule has 0 aromatic rings. The first-order chi connectivity index (χ1) is 14.5. The van der Waals surface area contributed by atoms with Crippen LogP contribution in [0, 0.1) is 64.1 Å². The molecule has 0 bridgehead atoms. The van der Waals surface area contributed by atoms with Gasteiger partial charge in [0.05, 0.1) is 12.2 Å². The Morgan fingerprint density at radius 3 is 2.10 bits per heavy atom. The molecule has 4 saturated carbocycles. The molecule has 0 saturated heterocycles. The third kappa shape index (κ3) is 3.84. The summed E-state index contributed by atoms with van der Waals surface area (Å²) in [7, 11) is 0. The van der Waals surface area contributed by atoms with Gasteiger partial charge in [-0.25, -0.2) is 0 Å². The van der Waals surface area contributed by atoms with Gasteiger partial charge in [0.15, 0.2) is 0 Å². The van der Waals surface area contributed by atoms with Gasteiger partial charge < -0.3 is 10.2 Å². The van der Waals surface area contributed by atoms with Gasteiger partial charge in [-0.2, -0.15) is 0 Å². The van der Waals surface area contributed by atoms with Crippen LogP contribution in [0.25, 0.3) is 0 Å². The highest BCUT2D eigenvalue weighted by molar-refractivity contribution is 5.12. The number of fused-ring (bicyclic) bond motifs is 5. The van der Waals surface area contributed by atoms with Crippen LogP contribution < -0.4 is 0 Å². The number of hydrogen-bond acceptors (Lipinski definition) is 2. The third-order valence-electron chi connectivity index (χ3n) is 12.2. The number of rotatable bonds is 5. The van der Waals surface area contributed by atoms with E-state index in [4.69, 9.17) is 0 Å². The topological polar surface area (TPSA) is 40.5 Å². The normalized spacial score (nSPS) is 51.7. The van der Waals surface area contributed by atoms with E-state index in [0.29, 0.717) is 40.4 Å². The Morgan fingerprint density at radius 1 is 0.774 bits per heavy atom. The standard InChI is InChI=1S/C29H52O2/c1-17(2)18(3)8-9-19(4)21-10-11-22-27-23(12-14-28(21,22)6)29(7)15-13-25(30)20(5)24(29)16-26(27)31/h17-27,30-31H,8-16H2,1-7H3. The molecule has 0 aromatic carbocycles. The van der Waals surface area contributed by atoms with E-state index in [9.17, 15) is 10.2 Å². The second kappa shape index (κ2) is 8.61. The minimum Gasteiger partial charge on any atom is -0.393 e. The summed E-state index contributed by atoms with van der Waals surface area (Å²) >= 11 is 0. The first-order valence-electron chi connectivity index (χ1n) is 13.9. The molecule has 31 heavy (non-hydrogen) atoms. The minimum atomic E-state index is -0.166. The van der Waals surface area contributed by atoms with Crippen LogP contribution in [-0.4, -0.2) is 22.4 Å². The molecule has 0 heterocycles. The van der Waals surface area contributed by atoms with Gasteiger partial charge in [-0.3, -0.25) is 0 Å². The lowest BCUT2D eigenvalue weighted by atomic mass is 9.42. The molecule has 0 radical (unpaired) electrons. The molecular weight excluding hydrogens is 380 g/mol. The summed E-state index contributed by atoms with van der Waals surface area (Å²) < 4.78 is 0. The summed E-state index contributed by atoms with van der Waals surface area (Å²) in [6.45, 7) is 17.1. The van der Waals surface area contributed by atoms with Gasteiger partial charge >= 0.3 is 0 Å². The van der Waals surface area contributed by atoms with Crippen molar-refractivity contribution in [2.75, 3.05) is 0 Å². The predicted molar refractivity (Wildman–Crippen MR) is 130 cm³/mol. The summed E-state index contributed by atoms with van der Waals surface area (Å²) in [5.74, 6) is 5.94. The maximum atomic E-state index is 11.5. The Labute approximate surface area is 193 Å². The fraction of sp³-hybridized carbons (Fsp3) is 1.00. The van der Waals surface area contributed by atoms with Crippen molar-refractivity contribution in [2.24, 2.45) is 64.1 Å². The van der Waals surface area contributed by atoms with Crippen molar-refractivity contribution in [1.82, 2.24) is 0 Å². The van der Waals surface area contributed by atoms with E-state index in [-0.39, 0.29) is 12.2 Å². The van der Waals surface area contributed by atoms with Gasteiger partial charge in [0.2, 0.25) is 0 Å². The molecule has 4 rings (SSSR count). The Kier molecular flexibility index (Phi) is 6.68. The largest absolute Gasteiger partial charge is 0.393 e. The number of hydrogen-bond donors (Lipinski definition) is 2. The van der Waals surface area contributed by atoms with Crippen LogP contribution in [0.2, 0.25) is 0 Å². The molecule has 4 aliphatic carbocycles. The first kappa shape index (κ1) is 24.1. The van der Waals surface area contributed by atoms with E-state index in [1.165, 1.54) is 38.5 Å². The molecule has 0 aliphatic heterocycles.